The van der Waals surface area contributed by atoms with Gasteiger partial charge in [0.15, 0.2) is 0 Å². The van der Waals surface area contributed by atoms with E-state index in [-0.39, 0.29) is 17.5 Å². The summed E-state index contributed by atoms with van der Waals surface area (Å²) in [5.41, 5.74) is 29.7. The van der Waals surface area contributed by atoms with E-state index in [1.807, 2.05) is 6.07 Å². The van der Waals surface area contributed by atoms with Crippen LogP contribution in [-0.2, 0) is 10.8 Å². The van der Waals surface area contributed by atoms with Crippen LogP contribution in [0.3, 0.4) is 0 Å². The number of para-hydroxylation sites is 5. The molecule has 6 nitrogen and oxygen atoms in total. The molecule has 16 aromatic rings. The molecular weight excluding hydrogens is 1150 g/mol. The van der Waals surface area contributed by atoms with E-state index in [0.717, 1.165) is 89.9 Å². The molecule has 0 bridgehead atoms. The number of anilines is 5. The number of benzene rings is 13. The van der Waals surface area contributed by atoms with Crippen LogP contribution in [0.15, 0.2) is 273 Å². The number of fused-ring (bicyclic) bond motifs is 13. The van der Waals surface area contributed by atoms with Crippen molar-refractivity contribution in [3.8, 4) is 56.5 Å². The first-order valence-electron chi connectivity index (χ1n) is 33.2. The third-order valence-corrected chi connectivity index (χ3v) is 20.4. The average Bonchev–Trinajstić information content (AvgIpc) is 1.24. The molecule has 0 radical (unpaired) electrons. The fraction of sp³-hybridized carbons (Fsp3) is 0.102. The molecule has 1 N–H and O–H groups in total. The number of aromatic nitrogens is 3. The van der Waals surface area contributed by atoms with Crippen LogP contribution in [-0.4, -0.2) is 20.4 Å². The van der Waals surface area contributed by atoms with Gasteiger partial charge < -0.3 is 23.9 Å². The molecule has 95 heavy (non-hydrogen) atoms. The minimum Gasteiger partial charge on any atom is -0.356 e. The highest BCUT2D eigenvalue weighted by atomic mass is 15.2. The van der Waals surface area contributed by atoms with E-state index in [0.29, 0.717) is 5.56 Å². The highest BCUT2D eigenvalue weighted by Gasteiger charge is 2.42. The van der Waals surface area contributed by atoms with Gasteiger partial charge in [-0.3, -0.25) is 0 Å². The molecule has 0 fully saturated rings. The molecule has 0 amide bonds. The van der Waals surface area contributed by atoms with Crippen molar-refractivity contribution in [3.05, 3.63) is 295 Å². The third kappa shape index (κ3) is 8.71. The van der Waals surface area contributed by atoms with Crippen molar-refractivity contribution in [2.75, 3.05) is 10.2 Å². The Bertz CT molecular complexity index is 5780. The molecule has 7 heteroatoms. The van der Waals surface area contributed by atoms with Crippen LogP contribution >= 0.6 is 0 Å². The van der Waals surface area contributed by atoms with Crippen LogP contribution in [0.2, 0.25) is 0 Å². The number of aryl methyl sites for hydroxylation is 1. The molecule has 13 aromatic carbocycles. The van der Waals surface area contributed by atoms with Crippen molar-refractivity contribution in [1.82, 2.24) is 13.7 Å². The van der Waals surface area contributed by atoms with E-state index < -0.39 is 0 Å². The van der Waals surface area contributed by atoms with Gasteiger partial charge in [-0.1, -0.05) is 205 Å². The zero-order valence-corrected chi connectivity index (χ0v) is 54.3. The highest BCUT2D eigenvalue weighted by molar-refractivity contribution is 7.00. The summed E-state index contributed by atoms with van der Waals surface area (Å²) in [6.07, 6.45) is 0. The van der Waals surface area contributed by atoms with Crippen LogP contribution < -0.4 is 26.6 Å². The Kier molecular flexibility index (Phi) is 12.4. The molecule has 0 saturated carbocycles. The first-order valence-corrected chi connectivity index (χ1v) is 33.2. The van der Waals surface area contributed by atoms with Gasteiger partial charge in [0.05, 0.1) is 61.8 Å². The summed E-state index contributed by atoms with van der Waals surface area (Å²) in [6.45, 7) is 15.9. The van der Waals surface area contributed by atoms with Gasteiger partial charge in [0, 0.05) is 77.4 Å². The summed E-state index contributed by atoms with van der Waals surface area (Å²) < 4.78 is 7.35. The van der Waals surface area contributed by atoms with Gasteiger partial charge in [0.1, 0.15) is 0 Å². The molecule has 0 aliphatic carbocycles. The summed E-state index contributed by atoms with van der Waals surface area (Å²) in [4.78, 5) is 2.56. The summed E-state index contributed by atoms with van der Waals surface area (Å²) in [7, 11) is 0. The molecule has 0 unspecified atom stereocenters. The minimum atomic E-state index is -0.193. The summed E-state index contributed by atoms with van der Waals surface area (Å²) in [6, 6.07) is 104. The number of nitrogens with zero attached hydrogens (tertiary/aromatic N) is 5. The second-order valence-electron chi connectivity index (χ2n) is 28.2. The zero-order chi connectivity index (χ0) is 64.2. The second kappa shape index (κ2) is 21.0. The van der Waals surface area contributed by atoms with E-state index >= 15 is 0 Å². The number of hydrogen-bond acceptors (Lipinski definition) is 3. The maximum Gasteiger partial charge on any atom is 0.252 e. The minimum absolute atomic E-state index is 0.0471. The second-order valence-corrected chi connectivity index (χ2v) is 28.2. The lowest BCUT2D eigenvalue weighted by molar-refractivity contribution is 0.590. The number of rotatable bonds is 7. The molecule has 5 heterocycles. The predicted molar refractivity (Wildman–Crippen MR) is 402 cm³/mol. The van der Waals surface area contributed by atoms with Crippen LogP contribution in [0.1, 0.15) is 63.8 Å². The quantitative estimate of drug-likeness (QED) is 0.162. The molecule has 0 saturated heterocycles. The molecule has 3 aromatic heterocycles. The molecule has 2 aliphatic heterocycles. The van der Waals surface area contributed by atoms with Crippen molar-refractivity contribution in [3.63, 3.8) is 0 Å². The Morgan fingerprint density at radius 3 is 1.45 bits per heavy atom. The fourth-order valence-corrected chi connectivity index (χ4v) is 15.8. The van der Waals surface area contributed by atoms with E-state index in [9.17, 15) is 5.26 Å². The van der Waals surface area contributed by atoms with Gasteiger partial charge >= 0.3 is 0 Å². The van der Waals surface area contributed by atoms with E-state index in [1.54, 1.807) is 0 Å². The highest BCUT2D eigenvalue weighted by Crippen LogP contribution is 2.49. The Labute approximate surface area is 553 Å². The number of nitrogens with one attached hydrogen (secondary N) is 1. The van der Waals surface area contributed by atoms with Crippen molar-refractivity contribution in [2.45, 2.75) is 59.3 Å². The topological polar surface area (TPSA) is 53.9 Å². The van der Waals surface area contributed by atoms with Crippen molar-refractivity contribution in [1.29, 1.82) is 5.26 Å². The monoisotopic (exact) mass is 1220 g/mol. The Morgan fingerprint density at radius 1 is 0.347 bits per heavy atom. The molecular formula is C88H67BN6. The smallest absolute Gasteiger partial charge is 0.252 e. The Balaban J connectivity index is 0.930. The van der Waals surface area contributed by atoms with E-state index in [4.69, 9.17) is 0 Å². The predicted octanol–water partition coefficient (Wildman–Crippen LogP) is 21.1. The lowest BCUT2D eigenvalue weighted by Gasteiger charge is -2.42. The van der Waals surface area contributed by atoms with Crippen molar-refractivity contribution in [2.24, 2.45) is 0 Å². The van der Waals surface area contributed by atoms with Crippen LogP contribution in [0.5, 0.6) is 0 Å². The van der Waals surface area contributed by atoms with Gasteiger partial charge in [-0.05, 0) is 177 Å². The number of hydrogen-bond donors (Lipinski definition) is 1. The Morgan fingerprint density at radius 2 is 0.863 bits per heavy atom. The SMILES string of the molecule is Cc1ccc(-n2c3ccccc3c3ccccc32)c(-c2ccc3c(c2)Nc2cc(-c4cc(C#N)ccc4-n4c5ccccc5c5ccccc54)cc4c2B3c2ccc(-n3c5ccc(C(C)(C)C)cc5c5cc(C(C)(C)C)ccc53)cc2N4c2ccccc2-c2ccccc2)c1. The lowest BCUT2D eigenvalue weighted by Crippen LogP contribution is -2.60. The normalized spacial score (nSPS) is 12.8. The van der Waals surface area contributed by atoms with Gasteiger partial charge in [-0.15, -0.1) is 0 Å². The van der Waals surface area contributed by atoms with Crippen LogP contribution in [0.4, 0.5) is 28.4 Å². The van der Waals surface area contributed by atoms with Gasteiger partial charge in [-0.2, -0.15) is 5.26 Å². The van der Waals surface area contributed by atoms with Gasteiger partial charge in [-0.25, -0.2) is 0 Å². The molecule has 0 spiro atoms. The van der Waals surface area contributed by atoms with Crippen LogP contribution in [0.25, 0.3) is 116 Å². The van der Waals surface area contributed by atoms with E-state index in [2.05, 4.69) is 345 Å². The maximum atomic E-state index is 10.9. The molecule has 18 rings (SSSR count). The van der Waals surface area contributed by atoms with Gasteiger partial charge in [0.25, 0.3) is 6.71 Å². The summed E-state index contributed by atoms with van der Waals surface area (Å²) >= 11 is 0. The third-order valence-electron chi connectivity index (χ3n) is 20.4. The average molecular weight is 1220 g/mol. The van der Waals surface area contributed by atoms with E-state index in [1.165, 1.54) is 87.5 Å². The molecule has 452 valence electrons. The standard InChI is InChI=1S/C88H67BN6/c1-54-33-41-80(93-76-29-17-12-24-63(76)64-25-13-18-30-77(64)93)67(45-54)57-35-39-71-73(47-57)91-74-48-58(68-46-55(53-90)34-42-81(68)94-78-31-19-14-26-65(78)66-27-15-20-32-79(66)94)49-85-86(74)89(71)72-40-38-61(52-84(72)95(85)75-28-16-11-23-62(75)56-21-9-8-10-22-56)92-82-43-36-59(87(2,3)4)50-69(82)70-51-60(88(5,6)7)37-44-83(70)92/h8-52,91H,1-7H3. The molecule has 2 aliphatic rings. The first-order chi connectivity index (χ1) is 46.2. The van der Waals surface area contributed by atoms with Gasteiger partial charge in [0.2, 0.25) is 0 Å². The largest absolute Gasteiger partial charge is 0.356 e. The lowest BCUT2D eigenvalue weighted by atomic mass is 9.33. The number of nitriles is 1. The molecule has 0 atom stereocenters. The summed E-state index contributed by atoms with van der Waals surface area (Å²) in [5.74, 6) is 0. The fourth-order valence-electron chi connectivity index (χ4n) is 15.8. The maximum absolute atomic E-state index is 10.9. The first kappa shape index (κ1) is 56.2. The zero-order valence-electron chi connectivity index (χ0n) is 54.3. The Hall–Kier alpha value is -11.6. The van der Waals surface area contributed by atoms with Crippen molar-refractivity contribution >= 4 is 117 Å². The summed E-state index contributed by atoms with van der Waals surface area (Å²) in [5, 5.41) is 22.5. The van der Waals surface area contributed by atoms with Crippen LogP contribution in [0, 0.1) is 18.3 Å². The van der Waals surface area contributed by atoms with Crippen molar-refractivity contribution < 1.29 is 0 Å².